The van der Waals surface area contributed by atoms with Crippen LogP contribution in [0, 0.1) is 0 Å². The highest BCUT2D eigenvalue weighted by Gasteiger charge is 2.08. The van der Waals surface area contributed by atoms with Crippen LogP contribution in [0.15, 0.2) is 17.5 Å². The van der Waals surface area contributed by atoms with E-state index in [-0.39, 0.29) is 6.42 Å². The van der Waals surface area contributed by atoms with Gasteiger partial charge < -0.3 is 5.11 Å². The highest BCUT2D eigenvalue weighted by molar-refractivity contribution is 7.23. The topological polar surface area (TPSA) is 50.2 Å². The van der Waals surface area contributed by atoms with Gasteiger partial charge in [0.05, 0.1) is 21.3 Å². The summed E-state index contributed by atoms with van der Waals surface area (Å²) >= 11 is 8.83. The summed E-state index contributed by atoms with van der Waals surface area (Å²) in [5.74, 6) is -0.797. The number of hydrogen-bond donors (Lipinski definition) is 1. The Hall–Kier alpha value is -0.910. The van der Waals surface area contributed by atoms with Crippen molar-refractivity contribution in [3.05, 3.63) is 27.5 Å². The second-order valence-corrected chi connectivity index (χ2v) is 5.71. The molecule has 3 nitrogen and oxygen atoms in total. The van der Waals surface area contributed by atoms with E-state index in [0.717, 1.165) is 19.9 Å². The zero-order valence-corrected chi connectivity index (χ0v) is 10.5. The molecule has 2 heterocycles. The fourth-order valence-electron chi connectivity index (χ4n) is 1.20. The molecule has 0 aliphatic rings. The number of aliphatic carboxylic acids is 1. The molecule has 2 aromatic heterocycles. The lowest BCUT2D eigenvalue weighted by Crippen LogP contribution is -1.97. The fourth-order valence-corrected chi connectivity index (χ4v) is 3.17. The molecule has 16 heavy (non-hydrogen) atoms. The van der Waals surface area contributed by atoms with E-state index >= 15 is 0 Å². The van der Waals surface area contributed by atoms with Gasteiger partial charge in [-0.1, -0.05) is 11.6 Å². The zero-order chi connectivity index (χ0) is 11.5. The van der Waals surface area contributed by atoms with Crippen molar-refractivity contribution in [2.24, 2.45) is 0 Å². The van der Waals surface area contributed by atoms with Crippen LogP contribution in [0.25, 0.3) is 9.88 Å². The third-order valence-electron chi connectivity index (χ3n) is 1.93. The van der Waals surface area contributed by atoms with E-state index in [1.54, 1.807) is 0 Å². The van der Waals surface area contributed by atoms with Crippen LogP contribution in [-0.2, 0) is 11.2 Å². The number of thiophene rings is 1. The Morgan fingerprint density at radius 2 is 2.31 bits per heavy atom. The maximum atomic E-state index is 10.4. The molecular weight excluding hydrogens is 266 g/mol. The summed E-state index contributed by atoms with van der Waals surface area (Å²) in [6, 6.07) is 3.76. The Morgan fingerprint density at radius 1 is 1.50 bits per heavy atom. The normalized spacial score (nSPS) is 10.6. The number of rotatable bonds is 4. The molecule has 2 rings (SSSR count). The molecule has 2 aromatic rings. The molecule has 6 heteroatoms. The molecule has 0 aliphatic heterocycles. The smallest absolute Gasteiger partial charge is 0.303 e. The van der Waals surface area contributed by atoms with Crippen LogP contribution in [-0.4, -0.2) is 16.1 Å². The summed E-state index contributed by atoms with van der Waals surface area (Å²) in [7, 11) is 0. The number of aryl methyl sites for hydroxylation is 1. The van der Waals surface area contributed by atoms with Gasteiger partial charge in [0, 0.05) is 11.8 Å². The van der Waals surface area contributed by atoms with Gasteiger partial charge in [-0.3, -0.25) is 4.79 Å². The lowest BCUT2D eigenvalue weighted by molar-refractivity contribution is -0.136. The van der Waals surface area contributed by atoms with Gasteiger partial charge in [0.2, 0.25) is 0 Å². The van der Waals surface area contributed by atoms with Crippen LogP contribution >= 0.6 is 34.3 Å². The fraction of sp³-hybridized carbons (Fsp3) is 0.200. The largest absolute Gasteiger partial charge is 0.481 e. The van der Waals surface area contributed by atoms with Gasteiger partial charge in [0.25, 0.3) is 0 Å². The second kappa shape index (κ2) is 4.95. The Labute approximate surface area is 105 Å². The number of thiazole rings is 1. The molecular formula is C10H8ClNO2S2. The van der Waals surface area contributed by atoms with E-state index in [2.05, 4.69) is 4.98 Å². The van der Waals surface area contributed by atoms with Gasteiger partial charge in [-0.25, -0.2) is 4.98 Å². The van der Waals surface area contributed by atoms with Gasteiger partial charge in [-0.15, -0.1) is 22.7 Å². The van der Waals surface area contributed by atoms with E-state index in [1.807, 2.05) is 17.5 Å². The molecule has 0 unspecified atom stereocenters. The van der Waals surface area contributed by atoms with Crippen molar-refractivity contribution in [1.29, 1.82) is 0 Å². The van der Waals surface area contributed by atoms with E-state index in [9.17, 15) is 4.79 Å². The average molecular weight is 274 g/mol. The summed E-state index contributed by atoms with van der Waals surface area (Å²) in [5.41, 5.74) is 0.826. The first-order chi connectivity index (χ1) is 7.65. The zero-order valence-electron chi connectivity index (χ0n) is 8.14. The van der Waals surface area contributed by atoms with Gasteiger partial charge >= 0.3 is 5.97 Å². The maximum absolute atomic E-state index is 10.4. The third-order valence-corrected chi connectivity index (χ3v) is 4.22. The van der Waals surface area contributed by atoms with Crippen molar-refractivity contribution in [1.82, 2.24) is 4.98 Å². The molecule has 84 valence electrons. The van der Waals surface area contributed by atoms with Crippen molar-refractivity contribution in [3.8, 4) is 9.88 Å². The molecule has 1 N–H and O–H groups in total. The Balaban J connectivity index is 2.10. The summed E-state index contributed by atoms with van der Waals surface area (Å²) < 4.78 is 0.734. The van der Waals surface area contributed by atoms with E-state index in [4.69, 9.17) is 16.7 Å². The van der Waals surface area contributed by atoms with Crippen LogP contribution in [0.3, 0.4) is 0 Å². The van der Waals surface area contributed by atoms with Crippen molar-refractivity contribution < 1.29 is 9.90 Å². The molecule has 0 aliphatic carbocycles. The lowest BCUT2D eigenvalue weighted by Gasteiger charge is -1.91. The Bertz CT molecular complexity index is 506. The molecule has 0 saturated heterocycles. The summed E-state index contributed by atoms with van der Waals surface area (Å²) in [6.45, 7) is 0. The SMILES string of the molecule is O=C(O)CCc1csc(-c2ccc(Cl)s2)n1. The first kappa shape index (κ1) is 11.6. The van der Waals surface area contributed by atoms with Crippen LogP contribution in [0.4, 0.5) is 0 Å². The molecule has 0 bridgehead atoms. The van der Waals surface area contributed by atoms with Crippen LogP contribution in [0.1, 0.15) is 12.1 Å². The molecule has 0 atom stereocenters. The predicted molar refractivity (Wildman–Crippen MR) is 66.4 cm³/mol. The van der Waals surface area contributed by atoms with E-state index < -0.39 is 5.97 Å². The first-order valence-corrected chi connectivity index (χ1v) is 6.64. The molecule has 0 aromatic carbocycles. The predicted octanol–water partition coefficient (Wildman–Crippen LogP) is 3.54. The monoisotopic (exact) mass is 273 g/mol. The molecule has 0 fully saturated rings. The first-order valence-electron chi connectivity index (χ1n) is 4.57. The minimum absolute atomic E-state index is 0.119. The van der Waals surface area contributed by atoms with Crippen LogP contribution in [0.5, 0.6) is 0 Å². The Kier molecular flexibility index (Phi) is 3.58. The lowest BCUT2D eigenvalue weighted by atomic mass is 10.2. The minimum atomic E-state index is -0.797. The average Bonchev–Trinajstić information content (AvgIpc) is 2.83. The molecule has 0 radical (unpaired) electrons. The van der Waals surface area contributed by atoms with Gasteiger partial charge in [0.1, 0.15) is 5.01 Å². The molecule has 0 saturated carbocycles. The van der Waals surface area contributed by atoms with Gasteiger partial charge in [0.15, 0.2) is 0 Å². The highest BCUT2D eigenvalue weighted by atomic mass is 35.5. The van der Waals surface area contributed by atoms with Gasteiger partial charge in [-0.2, -0.15) is 0 Å². The summed E-state index contributed by atoms with van der Waals surface area (Å²) in [5, 5.41) is 11.4. The Morgan fingerprint density at radius 3 is 2.94 bits per heavy atom. The quantitative estimate of drug-likeness (QED) is 0.927. The number of halogens is 1. The van der Waals surface area contributed by atoms with Crippen molar-refractivity contribution in [2.75, 3.05) is 0 Å². The maximum Gasteiger partial charge on any atom is 0.303 e. The summed E-state index contributed by atoms with van der Waals surface area (Å²) in [6.07, 6.45) is 0.597. The number of aromatic nitrogens is 1. The standard InChI is InChI=1S/C10H8ClNO2S2/c11-8-3-2-7(16-8)10-12-6(5-15-10)1-4-9(13)14/h2-3,5H,1,4H2,(H,13,14). The van der Waals surface area contributed by atoms with Gasteiger partial charge in [-0.05, 0) is 12.1 Å². The summed E-state index contributed by atoms with van der Waals surface area (Å²) in [4.78, 5) is 15.8. The number of carbonyl (C=O) groups is 1. The van der Waals surface area contributed by atoms with Crippen molar-refractivity contribution >= 4 is 40.2 Å². The number of carboxylic acids is 1. The second-order valence-electron chi connectivity index (χ2n) is 3.14. The minimum Gasteiger partial charge on any atom is -0.481 e. The van der Waals surface area contributed by atoms with Crippen LogP contribution in [0.2, 0.25) is 4.34 Å². The highest BCUT2D eigenvalue weighted by Crippen LogP contribution is 2.32. The molecule has 0 spiro atoms. The van der Waals surface area contributed by atoms with Crippen molar-refractivity contribution in [3.63, 3.8) is 0 Å². The number of hydrogen-bond acceptors (Lipinski definition) is 4. The third kappa shape index (κ3) is 2.81. The van der Waals surface area contributed by atoms with Crippen molar-refractivity contribution in [2.45, 2.75) is 12.8 Å². The van der Waals surface area contributed by atoms with Crippen LogP contribution < -0.4 is 0 Å². The molecule has 0 amide bonds. The van der Waals surface area contributed by atoms with E-state index in [1.165, 1.54) is 22.7 Å². The van der Waals surface area contributed by atoms with E-state index in [0.29, 0.717) is 6.42 Å². The number of carboxylic acid groups (broad SMARTS) is 1. The number of nitrogens with zero attached hydrogens (tertiary/aromatic N) is 1.